The van der Waals surface area contributed by atoms with Crippen LogP contribution in [0, 0.1) is 27.2 Å². The van der Waals surface area contributed by atoms with Gasteiger partial charge in [0, 0.05) is 17.7 Å². The van der Waals surface area contributed by atoms with Gasteiger partial charge in [-0.3, -0.25) is 25.7 Å². The Bertz CT molecular complexity index is 1290. The van der Waals surface area contributed by atoms with E-state index in [2.05, 4.69) is 15.5 Å². The number of pyridine rings is 1. The maximum absolute atomic E-state index is 12.4. The molecule has 12 nitrogen and oxygen atoms in total. The van der Waals surface area contributed by atoms with Crippen LogP contribution in [-0.4, -0.2) is 29.5 Å². The topological polar surface area (TPSA) is 167 Å². The van der Waals surface area contributed by atoms with Gasteiger partial charge in [-0.1, -0.05) is 6.07 Å². The van der Waals surface area contributed by atoms with Crippen molar-refractivity contribution in [3.05, 3.63) is 92.1 Å². The van der Waals surface area contributed by atoms with Crippen LogP contribution in [0.5, 0.6) is 5.75 Å². The molecule has 3 aromatic rings. The second kappa shape index (κ2) is 9.18. The molecule has 0 atom stereocenters. The largest absolute Gasteiger partial charge is 0.379 e. The van der Waals surface area contributed by atoms with Crippen LogP contribution in [0.25, 0.3) is 0 Å². The summed E-state index contributed by atoms with van der Waals surface area (Å²) in [6, 6.07) is 12.1. The standard InChI is InChI=1S/C19H15N5O7S/c1-13-2-8-17(10-18(13)24(27)28)32(29,30)31-16-6-3-14(4-7-16)11-21-22-19-9-5-15(12-20-19)23(25)26/h2-12H,1H3,(H,20,22). The van der Waals surface area contributed by atoms with Gasteiger partial charge in [-0.2, -0.15) is 13.5 Å². The summed E-state index contributed by atoms with van der Waals surface area (Å²) in [7, 11) is -4.27. The number of rotatable bonds is 8. The Kier molecular flexibility index (Phi) is 6.39. The zero-order valence-electron chi connectivity index (χ0n) is 16.4. The van der Waals surface area contributed by atoms with Gasteiger partial charge in [0.2, 0.25) is 0 Å². The summed E-state index contributed by atoms with van der Waals surface area (Å²) in [5, 5.41) is 25.6. The molecule has 0 bridgehead atoms. The van der Waals surface area contributed by atoms with Crippen LogP contribution < -0.4 is 9.61 Å². The molecule has 0 amide bonds. The second-order valence-corrected chi connectivity index (χ2v) is 7.89. The first-order valence-electron chi connectivity index (χ1n) is 8.85. The van der Waals surface area contributed by atoms with E-state index in [4.69, 9.17) is 4.18 Å². The zero-order chi connectivity index (χ0) is 23.3. The average Bonchev–Trinajstić information content (AvgIpc) is 2.75. The first-order valence-corrected chi connectivity index (χ1v) is 10.3. The number of nitro groups is 2. The molecular formula is C19H15N5O7S. The Balaban J connectivity index is 1.66. The number of nitrogens with one attached hydrogen (secondary N) is 1. The minimum absolute atomic E-state index is 0.00960. The molecule has 0 spiro atoms. The lowest BCUT2D eigenvalue weighted by Gasteiger charge is -2.08. The number of nitro benzene ring substituents is 1. The Hall–Kier alpha value is -4.39. The molecule has 0 aliphatic heterocycles. The van der Waals surface area contributed by atoms with Crippen molar-refractivity contribution in [2.45, 2.75) is 11.8 Å². The molecule has 1 N–H and O–H groups in total. The lowest BCUT2D eigenvalue weighted by Crippen LogP contribution is -2.10. The number of hydrazone groups is 1. The summed E-state index contributed by atoms with van der Waals surface area (Å²) in [4.78, 5) is 23.9. The summed E-state index contributed by atoms with van der Waals surface area (Å²) >= 11 is 0. The number of aromatic nitrogens is 1. The highest BCUT2D eigenvalue weighted by Crippen LogP contribution is 2.25. The predicted octanol–water partition coefficient (Wildman–Crippen LogP) is 3.42. The summed E-state index contributed by atoms with van der Waals surface area (Å²) in [5.74, 6) is 0.306. The first-order chi connectivity index (χ1) is 15.2. The molecule has 13 heteroatoms. The van der Waals surface area contributed by atoms with Gasteiger partial charge in [-0.05, 0) is 48.9 Å². The van der Waals surface area contributed by atoms with E-state index in [0.29, 0.717) is 16.9 Å². The van der Waals surface area contributed by atoms with E-state index in [1.807, 2.05) is 0 Å². The number of nitrogens with zero attached hydrogens (tertiary/aromatic N) is 4. The normalized spacial score (nSPS) is 11.3. The van der Waals surface area contributed by atoms with E-state index in [-0.39, 0.29) is 22.0 Å². The van der Waals surface area contributed by atoms with Gasteiger partial charge in [0.15, 0.2) is 0 Å². The highest BCUT2D eigenvalue weighted by atomic mass is 32.2. The van der Waals surface area contributed by atoms with Crippen molar-refractivity contribution in [1.29, 1.82) is 0 Å². The molecule has 32 heavy (non-hydrogen) atoms. The number of anilines is 1. The minimum Gasteiger partial charge on any atom is -0.379 e. The van der Waals surface area contributed by atoms with Crippen molar-refractivity contribution < 1.29 is 22.4 Å². The van der Waals surface area contributed by atoms with Gasteiger partial charge < -0.3 is 4.18 Å². The maximum atomic E-state index is 12.4. The summed E-state index contributed by atoms with van der Waals surface area (Å²) < 4.78 is 29.9. The average molecular weight is 457 g/mol. The predicted molar refractivity (Wildman–Crippen MR) is 114 cm³/mol. The lowest BCUT2D eigenvalue weighted by molar-refractivity contribution is -0.385. The second-order valence-electron chi connectivity index (χ2n) is 6.34. The number of hydrogen-bond donors (Lipinski definition) is 1. The molecule has 1 heterocycles. The summed E-state index contributed by atoms with van der Waals surface area (Å²) in [6.07, 6.45) is 2.51. The first kappa shape index (κ1) is 22.3. The number of benzene rings is 2. The third-order valence-electron chi connectivity index (χ3n) is 4.10. The van der Waals surface area contributed by atoms with Crippen LogP contribution in [-0.2, 0) is 10.1 Å². The van der Waals surface area contributed by atoms with E-state index in [1.54, 1.807) is 0 Å². The van der Waals surface area contributed by atoms with E-state index in [9.17, 15) is 28.6 Å². The fraction of sp³-hybridized carbons (Fsp3) is 0.0526. The Morgan fingerprint density at radius 2 is 1.75 bits per heavy atom. The van der Waals surface area contributed by atoms with Crippen LogP contribution >= 0.6 is 0 Å². The monoisotopic (exact) mass is 457 g/mol. The smallest absolute Gasteiger partial charge is 0.339 e. The third-order valence-corrected chi connectivity index (χ3v) is 5.35. The van der Waals surface area contributed by atoms with Gasteiger partial charge in [0.05, 0.1) is 16.1 Å². The minimum atomic E-state index is -4.27. The zero-order valence-corrected chi connectivity index (χ0v) is 17.2. The molecule has 0 radical (unpaired) electrons. The molecular weight excluding hydrogens is 442 g/mol. The third kappa shape index (κ3) is 5.40. The van der Waals surface area contributed by atoms with Crippen LogP contribution in [0.2, 0.25) is 0 Å². The van der Waals surface area contributed by atoms with Gasteiger partial charge in [-0.25, -0.2) is 4.98 Å². The van der Waals surface area contributed by atoms with Crippen molar-refractivity contribution in [2.24, 2.45) is 5.10 Å². The maximum Gasteiger partial charge on any atom is 0.339 e. The van der Waals surface area contributed by atoms with E-state index >= 15 is 0 Å². The Labute approximate surface area is 181 Å². The molecule has 0 aliphatic rings. The molecule has 0 saturated heterocycles. The van der Waals surface area contributed by atoms with E-state index in [0.717, 1.165) is 12.3 Å². The number of hydrogen-bond acceptors (Lipinski definition) is 10. The van der Waals surface area contributed by atoms with Crippen molar-refractivity contribution in [1.82, 2.24) is 4.98 Å². The molecule has 0 unspecified atom stereocenters. The lowest BCUT2D eigenvalue weighted by atomic mass is 10.2. The summed E-state index contributed by atoms with van der Waals surface area (Å²) in [6.45, 7) is 1.50. The molecule has 0 saturated carbocycles. The van der Waals surface area contributed by atoms with Gasteiger partial charge in [0.25, 0.3) is 11.4 Å². The Morgan fingerprint density at radius 3 is 2.34 bits per heavy atom. The van der Waals surface area contributed by atoms with Crippen molar-refractivity contribution in [3.8, 4) is 5.75 Å². The summed E-state index contributed by atoms with van der Waals surface area (Å²) in [5.41, 5.74) is 3.06. The van der Waals surface area contributed by atoms with E-state index < -0.39 is 20.0 Å². The molecule has 2 aromatic carbocycles. The molecule has 3 rings (SSSR count). The fourth-order valence-electron chi connectivity index (χ4n) is 2.46. The van der Waals surface area contributed by atoms with Crippen molar-refractivity contribution in [2.75, 3.05) is 5.43 Å². The van der Waals surface area contributed by atoms with Crippen molar-refractivity contribution >= 4 is 33.5 Å². The molecule has 0 fully saturated rings. The molecule has 1 aromatic heterocycles. The van der Waals surface area contributed by atoms with Gasteiger partial charge in [0.1, 0.15) is 22.7 Å². The van der Waals surface area contributed by atoms with Crippen LogP contribution in [0.15, 0.2) is 70.8 Å². The van der Waals surface area contributed by atoms with Crippen LogP contribution in [0.4, 0.5) is 17.2 Å². The number of aryl methyl sites for hydroxylation is 1. The molecule has 0 aliphatic carbocycles. The molecule has 164 valence electrons. The van der Waals surface area contributed by atoms with Gasteiger partial charge >= 0.3 is 10.1 Å². The SMILES string of the molecule is Cc1ccc(S(=O)(=O)Oc2ccc(C=NNc3ccc([N+](=O)[O-])cn3)cc2)cc1[N+](=O)[O-]. The Morgan fingerprint density at radius 1 is 1.03 bits per heavy atom. The van der Waals surface area contributed by atoms with Crippen LogP contribution in [0.1, 0.15) is 11.1 Å². The van der Waals surface area contributed by atoms with Crippen LogP contribution in [0.3, 0.4) is 0 Å². The quantitative estimate of drug-likeness (QED) is 0.231. The van der Waals surface area contributed by atoms with E-state index in [1.165, 1.54) is 61.7 Å². The fourth-order valence-corrected chi connectivity index (χ4v) is 3.41. The van der Waals surface area contributed by atoms with Crippen molar-refractivity contribution in [3.63, 3.8) is 0 Å². The van der Waals surface area contributed by atoms with Gasteiger partial charge in [-0.15, -0.1) is 0 Å². The highest BCUT2D eigenvalue weighted by Gasteiger charge is 2.21. The highest BCUT2D eigenvalue weighted by molar-refractivity contribution is 7.87.